The Morgan fingerprint density at radius 2 is 2.00 bits per heavy atom. The van der Waals surface area contributed by atoms with Gasteiger partial charge in [-0.15, -0.1) is 0 Å². The van der Waals surface area contributed by atoms with Crippen LogP contribution < -0.4 is 5.32 Å². The minimum atomic E-state index is -0.380. The van der Waals surface area contributed by atoms with E-state index in [9.17, 15) is 4.79 Å². The zero-order valence-electron chi connectivity index (χ0n) is 14.4. The van der Waals surface area contributed by atoms with Crippen LogP contribution in [-0.4, -0.2) is 65.3 Å². The summed E-state index contributed by atoms with van der Waals surface area (Å²) in [6, 6.07) is 11.1. The van der Waals surface area contributed by atoms with Gasteiger partial charge in [-0.3, -0.25) is 14.6 Å². The molecule has 1 aromatic heterocycles. The van der Waals surface area contributed by atoms with Crippen LogP contribution in [0.2, 0.25) is 0 Å². The lowest BCUT2D eigenvalue weighted by atomic mass is 10.0. The number of aromatic nitrogens is 1. The van der Waals surface area contributed by atoms with E-state index in [0.717, 1.165) is 31.7 Å². The van der Waals surface area contributed by atoms with E-state index in [2.05, 4.69) is 20.3 Å². The number of carbonyl (C=O) groups excluding carboxylic acids is 1. The van der Waals surface area contributed by atoms with Crippen LogP contribution in [0.3, 0.4) is 0 Å². The number of piperazine rings is 1. The molecule has 0 spiro atoms. The van der Waals surface area contributed by atoms with Crippen LogP contribution in [0.15, 0.2) is 40.9 Å². The number of carbonyl (C=O) groups is 1. The fourth-order valence-electron chi connectivity index (χ4n) is 3.17. The molecule has 0 aliphatic carbocycles. The molecule has 25 heavy (non-hydrogen) atoms. The summed E-state index contributed by atoms with van der Waals surface area (Å²) in [5, 5.41) is 15.8. The van der Waals surface area contributed by atoms with Crippen molar-refractivity contribution in [2.75, 3.05) is 44.6 Å². The van der Waals surface area contributed by atoms with Crippen LogP contribution in [0.5, 0.6) is 0 Å². The monoisotopic (exact) mass is 344 g/mol. The summed E-state index contributed by atoms with van der Waals surface area (Å²) in [5.74, 6) is 0.974. The van der Waals surface area contributed by atoms with Gasteiger partial charge in [0, 0.05) is 38.8 Å². The molecule has 0 saturated carbocycles. The van der Waals surface area contributed by atoms with E-state index in [4.69, 9.17) is 9.63 Å². The van der Waals surface area contributed by atoms with Gasteiger partial charge in [-0.1, -0.05) is 35.5 Å². The van der Waals surface area contributed by atoms with Gasteiger partial charge < -0.3 is 14.9 Å². The topological polar surface area (TPSA) is 81.8 Å². The standard InChI is InChI=1S/C18H24N4O3/c1-14-13-16(20-25-14)19-18(24)17(15-5-3-2-4-6-15)22-9-7-21(8-10-22)11-12-23/h2-6,13,17,23H,7-12H2,1H3,(H,19,20,24). The zero-order valence-corrected chi connectivity index (χ0v) is 14.4. The second kappa shape index (κ2) is 8.24. The first-order valence-corrected chi connectivity index (χ1v) is 8.54. The van der Waals surface area contributed by atoms with Crippen molar-refractivity contribution in [2.45, 2.75) is 13.0 Å². The highest BCUT2D eigenvalue weighted by molar-refractivity contribution is 5.94. The van der Waals surface area contributed by atoms with Gasteiger partial charge >= 0.3 is 0 Å². The number of rotatable bonds is 6. The molecule has 0 bridgehead atoms. The van der Waals surface area contributed by atoms with Gasteiger partial charge in [0.1, 0.15) is 11.8 Å². The van der Waals surface area contributed by atoms with Gasteiger partial charge in [-0.2, -0.15) is 0 Å². The van der Waals surface area contributed by atoms with Gasteiger partial charge in [-0.25, -0.2) is 0 Å². The number of nitrogens with one attached hydrogen (secondary N) is 1. The number of β-amino-alcohol motifs (C(OH)–C–C–N with tert-alkyl or cyclic N) is 1. The second-order valence-corrected chi connectivity index (χ2v) is 6.23. The molecule has 2 aromatic rings. The molecular weight excluding hydrogens is 320 g/mol. The van der Waals surface area contributed by atoms with Gasteiger partial charge in [0.05, 0.1) is 6.61 Å². The second-order valence-electron chi connectivity index (χ2n) is 6.23. The lowest BCUT2D eigenvalue weighted by Crippen LogP contribution is -2.50. The Balaban J connectivity index is 1.75. The highest BCUT2D eigenvalue weighted by Gasteiger charge is 2.30. The zero-order chi connectivity index (χ0) is 17.6. The van der Waals surface area contributed by atoms with Crippen molar-refractivity contribution >= 4 is 11.7 Å². The molecule has 1 fully saturated rings. The van der Waals surface area contributed by atoms with Gasteiger partial charge in [0.2, 0.25) is 5.91 Å². The van der Waals surface area contributed by atoms with Gasteiger partial charge in [-0.05, 0) is 12.5 Å². The number of nitrogens with zero attached hydrogens (tertiary/aromatic N) is 3. The molecule has 1 saturated heterocycles. The lowest BCUT2D eigenvalue weighted by molar-refractivity contribution is -0.122. The van der Waals surface area contributed by atoms with Crippen molar-refractivity contribution in [3.63, 3.8) is 0 Å². The van der Waals surface area contributed by atoms with Gasteiger partial charge in [0.25, 0.3) is 0 Å². The molecule has 1 aliphatic heterocycles. The predicted octanol–water partition coefficient (Wildman–Crippen LogP) is 1.27. The number of hydrogen-bond donors (Lipinski definition) is 2. The van der Waals surface area contributed by atoms with Crippen molar-refractivity contribution in [3.05, 3.63) is 47.7 Å². The predicted molar refractivity (Wildman–Crippen MR) is 94.2 cm³/mol. The molecule has 1 amide bonds. The number of benzene rings is 1. The maximum absolute atomic E-state index is 12.9. The van der Waals surface area contributed by atoms with E-state index in [0.29, 0.717) is 18.1 Å². The molecule has 1 aromatic carbocycles. The minimum absolute atomic E-state index is 0.116. The highest BCUT2D eigenvalue weighted by atomic mass is 16.5. The Morgan fingerprint density at radius 3 is 2.60 bits per heavy atom. The van der Waals surface area contributed by atoms with Crippen LogP contribution in [0.25, 0.3) is 0 Å². The van der Waals surface area contributed by atoms with Crippen molar-refractivity contribution in [2.24, 2.45) is 0 Å². The third-order valence-electron chi connectivity index (χ3n) is 4.43. The van der Waals surface area contributed by atoms with Crippen LogP contribution in [-0.2, 0) is 4.79 Å². The molecule has 0 radical (unpaired) electrons. The van der Waals surface area contributed by atoms with E-state index in [1.807, 2.05) is 30.3 Å². The summed E-state index contributed by atoms with van der Waals surface area (Å²) in [6.45, 7) is 5.83. The van der Waals surface area contributed by atoms with Gasteiger partial charge in [0.15, 0.2) is 5.82 Å². The van der Waals surface area contributed by atoms with Crippen molar-refractivity contribution in [3.8, 4) is 0 Å². The van der Waals surface area contributed by atoms with E-state index < -0.39 is 0 Å². The number of aliphatic hydroxyl groups is 1. The average molecular weight is 344 g/mol. The van der Waals surface area contributed by atoms with Crippen molar-refractivity contribution < 1.29 is 14.4 Å². The Morgan fingerprint density at radius 1 is 1.28 bits per heavy atom. The highest BCUT2D eigenvalue weighted by Crippen LogP contribution is 2.24. The minimum Gasteiger partial charge on any atom is -0.395 e. The molecule has 1 unspecified atom stereocenters. The SMILES string of the molecule is Cc1cc(NC(=O)C(c2ccccc2)N2CCN(CCO)CC2)no1. The van der Waals surface area contributed by atoms with Crippen LogP contribution >= 0.6 is 0 Å². The third-order valence-corrected chi connectivity index (χ3v) is 4.43. The van der Waals surface area contributed by atoms with E-state index in [1.54, 1.807) is 13.0 Å². The molecule has 2 heterocycles. The van der Waals surface area contributed by atoms with E-state index >= 15 is 0 Å². The summed E-state index contributed by atoms with van der Waals surface area (Å²) in [6.07, 6.45) is 0. The van der Waals surface area contributed by atoms with Crippen molar-refractivity contribution in [1.82, 2.24) is 15.0 Å². The fourth-order valence-corrected chi connectivity index (χ4v) is 3.17. The maximum Gasteiger partial charge on any atom is 0.247 e. The van der Waals surface area contributed by atoms with E-state index in [-0.39, 0.29) is 18.6 Å². The maximum atomic E-state index is 12.9. The summed E-state index contributed by atoms with van der Waals surface area (Å²) in [5.41, 5.74) is 0.954. The molecular formula is C18H24N4O3. The summed E-state index contributed by atoms with van der Waals surface area (Å²) >= 11 is 0. The Labute approximate surface area is 147 Å². The molecule has 1 atom stereocenters. The Hall–Kier alpha value is -2.22. The average Bonchev–Trinajstić information content (AvgIpc) is 3.03. The Bertz CT molecular complexity index is 681. The third kappa shape index (κ3) is 4.45. The Kier molecular flexibility index (Phi) is 5.80. The molecule has 3 rings (SSSR count). The summed E-state index contributed by atoms with van der Waals surface area (Å²) in [4.78, 5) is 17.3. The van der Waals surface area contributed by atoms with Crippen LogP contribution in [0, 0.1) is 6.92 Å². The number of aryl methyl sites for hydroxylation is 1. The smallest absolute Gasteiger partial charge is 0.247 e. The normalized spacial score (nSPS) is 17.4. The largest absolute Gasteiger partial charge is 0.395 e. The summed E-state index contributed by atoms with van der Waals surface area (Å²) in [7, 11) is 0. The number of anilines is 1. The number of amides is 1. The van der Waals surface area contributed by atoms with E-state index in [1.165, 1.54) is 0 Å². The first-order chi connectivity index (χ1) is 12.2. The van der Waals surface area contributed by atoms with Crippen molar-refractivity contribution in [1.29, 1.82) is 0 Å². The van der Waals surface area contributed by atoms with Crippen LogP contribution in [0.4, 0.5) is 5.82 Å². The number of hydrogen-bond acceptors (Lipinski definition) is 6. The fraction of sp³-hybridized carbons (Fsp3) is 0.444. The quantitative estimate of drug-likeness (QED) is 0.821. The number of aliphatic hydroxyl groups excluding tert-OH is 1. The van der Waals surface area contributed by atoms with Crippen LogP contribution in [0.1, 0.15) is 17.4 Å². The summed E-state index contributed by atoms with van der Waals surface area (Å²) < 4.78 is 5.03. The lowest BCUT2D eigenvalue weighted by Gasteiger charge is -2.38. The molecule has 7 heteroatoms. The molecule has 7 nitrogen and oxygen atoms in total. The molecule has 134 valence electrons. The molecule has 1 aliphatic rings. The molecule has 2 N–H and O–H groups in total. The first-order valence-electron chi connectivity index (χ1n) is 8.54. The first kappa shape index (κ1) is 17.6.